The van der Waals surface area contributed by atoms with Crippen LogP contribution in [0.5, 0.6) is 0 Å². The van der Waals surface area contributed by atoms with E-state index in [-0.39, 0.29) is 18.3 Å². The molecule has 3 rings (SSSR count). The molecule has 25 heavy (non-hydrogen) atoms. The first-order valence-electron chi connectivity index (χ1n) is 7.83. The fourth-order valence-electron chi connectivity index (χ4n) is 2.47. The Balaban J connectivity index is 1.65. The van der Waals surface area contributed by atoms with Crippen LogP contribution < -0.4 is 5.63 Å². The maximum atomic E-state index is 11.9. The molecule has 4 nitrogen and oxygen atoms in total. The van der Waals surface area contributed by atoms with E-state index in [0.717, 1.165) is 22.3 Å². The van der Waals surface area contributed by atoms with Gasteiger partial charge >= 0.3 is 11.6 Å². The van der Waals surface area contributed by atoms with Gasteiger partial charge in [0.05, 0.1) is 5.75 Å². The van der Waals surface area contributed by atoms with E-state index in [1.54, 1.807) is 11.3 Å². The summed E-state index contributed by atoms with van der Waals surface area (Å²) >= 11 is 3.19. The van der Waals surface area contributed by atoms with Crippen molar-refractivity contribution in [3.05, 3.63) is 67.7 Å². The first-order valence-corrected chi connectivity index (χ1v) is 9.86. The third kappa shape index (κ3) is 4.32. The van der Waals surface area contributed by atoms with Gasteiger partial charge in [0, 0.05) is 27.6 Å². The Kier molecular flexibility index (Phi) is 5.60. The topological polar surface area (TPSA) is 56.5 Å². The number of carbonyl (C=O) groups excluding carboxylic acids is 1. The van der Waals surface area contributed by atoms with Crippen LogP contribution in [0.15, 0.2) is 44.9 Å². The molecule has 0 atom stereocenters. The summed E-state index contributed by atoms with van der Waals surface area (Å²) in [5, 5.41) is 2.83. The molecule has 2 aromatic heterocycles. The maximum absolute atomic E-state index is 11.9. The van der Waals surface area contributed by atoms with E-state index < -0.39 is 5.63 Å². The predicted octanol–water partition coefficient (Wildman–Crippen LogP) is 4.45. The van der Waals surface area contributed by atoms with Gasteiger partial charge in [-0.15, -0.1) is 23.1 Å². The fraction of sp³-hybridized carbons (Fsp3) is 0.263. The van der Waals surface area contributed by atoms with Gasteiger partial charge < -0.3 is 9.15 Å². The van der Waals surface area contributed by atoms with Crippen LogP contribution in [0.3, 0.4) is 0 Å². The van der Waals surface area contributed by atoms with Gasteiger partial charge in [-0.05, 0) is 36.4 Å². The third-order valence-corrected chi connectivity index (χ3v) is 5.96. The van der Waals surface area contributed by atoms with Crippen molar-refractivity contribution in [3.8, 4) is 0 Å². The first kappa shape index (κ1) is 17.8. The van der Waals surface area contributed by atoms with Gasteiger partial charge in [0.15, 0.2) is 0 Å². The first-order chi connectivity index (χ1) is 12.0. The lowest BCUT2D eigenvalue weighted by molar-refractivity contribution is -0.141. The Hall–Kier alpha value is -2.05. The lowest BCUT2D eigenvalue weighted by Crippen LogP contribution is -2.10. The van der Waals surface area contributed by atoms with Crippen molar-refractivity contribution in [2.45, 2.75) is 26.2 Å². The number of ether oxygens (including phenoxy) is 1. The van der Waals surface area contributed by atoms with Crippen LogP contribution in [0.2, 0.25) is 0 Å². The molecule has 0 bridgehead atoms. The largest absolute Gasteiger partial charge is 0.460 e. The van der Waals surface area contributed by atoms with Gasteiger partial charge in [-0.1, -0.05) is 18.2 Å². The molecule has 0 N–H and O–H groups in total. The molecule has 0 unspecified atom stereocenters. The highest BCUT2D eigenvalue weighted by Crippen LogP contribution is 2.24. The molecule has 0 aliphatic carbocycles. The molecule has 3 aromatic rings. The smallest absolute Gasteiger partial charge is 0.336 e. The van der Waals surface area contributed by atoms with Crippen LogP contribution in [-0.4, -0.2) is 11.7 Å². The molecule has 1 aromatic carbocycles. The summed E-state index contributed by atoms with van der Waals surface area (Å²) in [4.78, 5) is 25.0. The van der Waals surface area contributed by atoms with Crippen molar-refractivity contribution in [3.63, 3.8) is 0 Å². The maximum Gasteiger partial charge on any atom is 0.336 e. The number of benzene rings is 1. The normalized spacial score (nSPS) is 11.0. The SMILES string of the molecule is Cc1ccc2c(COC(=O)CSCc3cccs3)cc(=O)oc2c1C. The lowest BCUT2D eigenvalue weighted by atomic mass is 10.0. The second kappa shape index (κ2) is 7.89. The summed E-state index contributed by atoms with van der Waals surface area (Å²) in [6, 6.07) is 9.30. The van der Waals surface area contributed by atoms with Crippen LogP contribution in [0.1, 0.15) is 21.6 Å². The Labute approximate surface area is 153 Å². The summed E-state index contributed by atoms with van der Waals surface area (Å²) in [6.45, 7) is 3.95. The summed E-state index contributed by atoms with van der Waals surface area (Å²) in [5.41, 5.74) is 2.78. The molecule has 0 radical (unpaired) electrons. The number of hydrogen-bond acceptors (Lipinski definition) is 6. The monoisotopic (exact) mass is 374 g/mol. The molecule has 0 spiro atoms. The van der Waals surface area contributed by atoms with Gasteiger partial charge in [0.25, 0.3) is 0 Å². The van der Waals surface area contributed by atoms with E-state index in [2.05, 4.69) is 0 Å². The Morgan fingerprint density at radius 3 is 2.88 bits per heavy atom. The zero-order chi connectivity index (χ0) is 17.8. The minimum atomic E-state index is -0.431. The fourth-order valence-corrected chi connectivity index (χ4v) is 4.13. The Bertz CT molecular complexity index is 942. The van der Waals surface area contributed by atoms with Crippen molar-refractivity contribution < 1.29 is 13.9 Å². The van der Waals surface area contributed by atoms with Gasteiger partial charge in [-0.3, -0.25) is 4.79 Å². The molecular formula is C19H18O4S2. The predicted molar refractivity (Wildman–Crippen MR) is 102 cm³/mol. The number of aryl methyl sites for hydroxylation is 2. The van der Waals surface area contributed by atoms with Crippen LogP contribution in [0.4, 0.5) is 0 Å². The molecule has 6 heteroatoms. The van der Waals surface area contributed by atoms with E-state index in [4.69, 9.17) is 9.15 Å². The highest BCUT2D eigenvalue weighted by atomic mass is 32.2. The van der Waals surface area contributed by atoms with Crippen LogP contribution in [-0.2, 0) is 21.9 Å². The minimum absolute atomic E-state index is 0.0724. The second-order valence-electron chi connectivity index (χ2n) is 5.71. The number of hydrogen-bond donors (Lipinski definition) is 0. The zero-order valence-electron chi connectivity index (χ0n) is 14.0. The molecule has 0 saturated heterocycles. The van der Waals surface area contributed by atoms with E-state index in [1.807, 2.05) is 43.5 Å². The summed E-state index contributed by atoms with van der Waals surface area (Å²) in [7, 11) is 0. The van der Waals surface area contributed by atoms with E-state index >= 15 is 0 Å². The third-order valence-electron chi connectivity index (χ3n) is 3.95. The highest BCUT2D eigenvalue weighted by Gasteiger charge is 2.11. The summed E-state index contributed by atoms with van der Waals surface area (Å²) < 4.78 is 10.7. The molecule has 130 valence electrons. The standard InChI is InChI=1S/C19H18O4S2/c1-12-5-6-16-14(8-17(20)23-19(16)13(12)2)9-22-18(21)11-24-10-15-4-3-7-25-15/h3-8H,9-11H2,1-2H3. The number of thiophene rings is 1. The van der Waals surface area contributed by atoms with E-state index in [9.17, 15) is 9.59 Å². The minimum Gasteiger partial charge on any atom is -0.460 e. The van der Waals surface area contributed by atoms with Gasteiger partial charge in [-0.25, -0.2) is 4.79 Å². The molecule has 0 aliphatic heterocycles. The average Bonchev–Trinajstić information content (AvgIpc) is 3.10. The number of carbonyl (C=O) groups is 1. The quantitative estimate of drug-likeness (QED) is 0.471. The number of esters is 1. The van der Waals surface area contributed by atoms with Crippen LogP contribution in [0, 0.1) is 13.8 Å². The van der Waals surface area contributed by atoms with Gasteiger partial charge in [-0.2, -0.15) is 0 Å². The zero-order valence-corrected chi connectivity index (χ0v) is 15.7. The van der Waals surface area contributed by atoms with Gasteiger partial charge in [0.2, 0.25) is 0 Å². The van der Waals surface area contributed by atoms with Crippen molar-refractivity contribution >= 4 is 40.0 Å². The lowest BCUT2D eigenvalue weighted by Gasteiger charge is -2.09. The second-order valence-corrected chi connectivity index (χ2v) is 7.73. The summed E-state index contributed by atoms with van der Waals surface area (Å²) in [6.07, 6.45) is 0. The molecule has 2 heterocycles. The number of thioether (sulfide) groups is 1. The molecule has 0 aliphatic rings. The number of rotatable bonds is 6. The van der Waals surface area contributed by atoms with Gasteiger partial charge in [0.1, 0.15) is 12.2 Å². The van der Waals surface area contributed by atoms with Crippen LogP contribution in [0.25, 0.3) is 11.0 Å². The molecular weight excluding hydrogens is 356 g/mol. The van der Waals surface area contributed by atoms with Crippen molar-refractivity contribution in [1.29, 1.82) is 0 Å². The summed E-state index contributed by atoms with van der Waals surface area (Å²) in [5.74, 6) is 0.796. The molecule has 0 fully saturated rings. The Morgan fingerprint density at radius 1 is 1.28 bits per heavy atom. The van der Waals surface area contributed by atoms with Crippen molar-refractivity contribution in [2.75, 3.05) is 5.75 Å². The van der Waals surface area contributed by atoms with E-state index in [1.165, 1.54) is 22.7 Å². The Morgan fingerprint density at radius 2 is 2.12 bits per heavy atom. The average molecular weight is 374 g/mol. The van der Waals surface area contributed by atoms with Crippen molar-refractivity contribution in [1.82, 2.24) is 0 Å². The highest BCUT2D eigenvalue weighted by molar-refractivity contribution is 7.99. The molecule has 0 saturated carbocycles. The number of fused-ring (bicyclic) bond motifs is 1. The molecule has 0 amide bonds. The van der Waals surface area contributed by atoms with Crippen molar-refractivity contribution in [2.24, 2.45) is 0 Å². The van der Waals surface area contributed by atoms with E-state index in [0.29, 0.717) is 11.1 Å². The van der Waals surface area contributed by atoms with Crippen LogP contribution >= 0.6 is 23.1 Å².